The molecular formula is C30H36BrN3O4S. The van der Waals surface area contributed by atoms with Gasteiger partial charge in [0, 0.05) is 23.5 Å². The van der Waals surface area contributed by atoms with Crippen molar-refractivity contribution in [1.82, 2.24) is 10.2 Å². The first-order valence-electron chi connectivity index (χ1n) is 12.9. The van der Waals surface area contributed by atoms with Crippen LogP contribution in [0.3, 0.4) is 0 Å². The minimum absolute atomic E-state index is 0.0831. The Morgan fingerprint density at radius 2 is 1.62 bits per heavy atom. The molecule has 0 aliphatic heterocycles. The molecule has 0 saturated heterocycles. The summed E-state index contributed by atoms with van der Waals surface area (Å²) in [5.41, 5.74) is 2.99. The summed E-state index contributed by atoms with van der Waals surface area (Å²) in [6.45, 7) is 5.47. The van der Waals surface area contributed by atoms with Crippen LogP contribution in [0.2, 0.25) is 0 Å². The Morgan fingerprint density at radius 1 is 0.949 bits per heavy atom. The molecule has 0 aliphatic carbocycles. The largest absolute Gasteiger partial charge is 0.352 e. The zero-order valence-corrected chi connectivity index (χ0v) is 25.2. The number of carbonyl (C=O) groups is 2. The molecule has 0 bridgehead atoms. The molecular weight excluding hydrogens is 578 g/mol. The van der Waals surface area contributed by atoms with Crippen LogP contribution in [-0.4, -0.2) is 50.0 Å². The molecule has 208 valence electrons. The molecule has 0 saturated carbocycles. The van der Waals surface area contributed by atoms with Crippen molar-refractivity contribution >= 4 is 43.5 Å². The second kappa shape index (κ2) is 13.8. The number of amides is 2. The van der Waals surface area contributed by atoms with Crippen LogP contribution in [0, 0.1) is 6.92 Å². The first-order chi connectivity index (χ1) is 18.5. The molecule has 0 radical (unpaired) electrons. The maximum absolute atomic E-state index is 14.1. The zero-order valence-electron chi connectivity index (χ0n) is 22.8. The topological polar surface area (TPSA) is 86.8 Å². The van der Waals surface area contributed by atoms with Crippen molar-refractivity contribution in [2.24, 2.45) is 0 Å². The summed E-state index contributed by atoms with van der Waals surface area (Å²) in [6, 6.07) is 23.1. The van der Waals surface area contributed by atoms with Crippen LogP contribution in [0.1, 0.15) is 37.0 Å². The number of nitrogens with one attached hydrogen (secondary N) is 1. The molecule has 0 fully saturated rings. The summed E-state index contributed by atoms with van der Waals surface area (Å²) in [4.78, 5) is 29.2. The Kier molecular flexibility index (Phi) is 10.7. The van der Waals surface area contributed by atoms with Gasteiger partial charge in [0.15, 0.2) is 0 Å². The fourth-order valence-electron chi connectivity index (χ4n) is 4.18. The van der Waals surface area contributed by atoms with Crippen LogP contribution in [0.4, 0.5) is 5.69 Å². The number of carbonyl (C=O) groups excluding carboxylic acids is 2. The lowest BCUT2D eigenvalue weighted by atomic mass is 10.0. The average molecular weight is 615 g/mol. The van der Waals surface area contributed by atoms with Gasteiger partial charge in [-0.15, -0.1) is 0 Å². The second-order valence-electron chi connectivity index (χ2n) is 9.78. The van der Waals surface area contributed by atoms with Gasteiger partial charge >= 0.3 is 0 Å². The standard InChI is InChI=1S/C30H36BrN3O4S/c1-5-23(3)32-30(36)28(19-24-11-7-6-8-12-24)33(20-25-14-16-26(31)17-15-25)29(35)21-34(39(4,37)38)27-13-9-10-22(2)18-27/h6-18,23,28H,5,19-21H2,1-4H3,(H,32,36). The molecule has 3 rings (SSSR count). The molecule has 0 aliphatic rings. The fraction of sp³-hybridized carbons (Fsp3) is 0.333. The van der Waals surface area contributed by atoms with Gasteiger partial charge in [0.05, 0.1) is 11.9 Å². The van der Waals surface area contributed by atoms with E-state index in [9.17, 15) is 18.0 Å². The van der Waals surface area contributed by atoms with Crippen LogP contribution < -0.4 is 9.62 Å². The van der Waals surface area contributed by atoms with Crippen molar-refractivity contribution in [3.05, 3.63) is 100 Å². The molecule has 7 nitrogen and oxygen atoms in total. The Balaban J connectivity index is 2.05. The molecule has 0 spiro atoms. The molecule has 2 unspecified atom stereocenters. The quantitative estimate of drug-likeness (QED) is 0.309. The average Bonchev–Trinajstić information content (AvgIpc) is 2.90. The second-order valence-corrected chi connectivity index (χ2v) is 12.6. The highest BCUT2D eigenvalue weighted by Crippen LogP contribution is 2.22. The lowest BCUT2D eigenvalue weighted by Gasteiger charge is -2.34. The van der Waals surface area contributed by atoms with Gasteiger partial charge in [0.2, 0.25) is 21.8 Å². The van der Waals surface area contributed by atoms with Gasteiger partial charge in [-0.05, 0) is 61.2 Å². The minimum Gasteiger partial charge on any atom is -0.352 e. The number of halogens is 1. The molecule has 2 atom stereocenters. The summed E-state index contributed by atoms with van der Waals surface area (Å²) in [7, 11) is -3.79. The fourth-order valence-corrected chi connectivity index (χ4v) is 5.28. The summed E-state index contributed by atoms with van der Waals surface area (Å²) >= 11 is 3.44. The van der Waals surface area contributed by atoms with Gasteiger partial charge in [-0.25, -0.2) is 8.42 Å². The van der Waals surface area contributed by atoms with E-state index in [1.165, 1.54) is 4.90 Å². The van der Waals surface area contributed by atoms with E-state index in [1.807, 2.05) is 81.4 Å². The smallest absolute Gasteiger partial charge is 0.244 e. The number of hydrogen-bond acceptors (Lipinski definition) is 4. The van der Waals surface area contributed by atoms with Gasteiger partial charge in [0.25, 0.3) is 0 Å². The summed E-state index contributed by atoms with van der Waals surface area (Å²) in [5.74, 6) is -0.745. The third-order valence-electron chi connectivity index (χ3n) is 6.51. The highest BCUT2D eigenvalue weighted by atomic mass is 79.9. The van der Waals surface area contributed by atoms with Crippen molar-refractivity contribution < 1.29 is 18.0 Å². The van der Waals surface area contributed by atoms with E-state index in [-0.39, 0.29) is 24.9 Å². The predicted octanol–water partition coefficient (Wildman–Crippen LogP) is 5.08. The zero-order chi connectivity index (χ0) is 28.6. The number of benzene rings is 3. The first kappa shape index (κ1) is 30.4. The first-order valence-corrected chi connectivity index (χ1v) is 15.5. The monoisotopic (exact) mass is 613 g/mol. The molecule has 3 aromatic carbocycles. The summed E-state index contributed by atoms with van der Waals surface area (Å²) < 4.78 is 27.7. The Morgan fingerprint density at radius 3 is 2.21 bits per heavy atom. The summed E-state index contributed by atoms with van der Waals surface area (Å²) in [5, 5.41) is 3.03. The summed E-state index contributed by atoms with van der Waals surface area (Å²) in [6.07, 6.45) is 2.10. The van der Waals surface area contributed by atoms with Crippen molar-refractivity contribution in [3.8, 4) is 0 Å². The number of rotatable bonds is 12. The van der Waals surface area contributed by atoms with Crippen molar-refractivity contribution in [1.29, 1.82) is 0 Å². The van der Waals surface area contributed by atoms with E-state index in [0.717, 1.165) is 38.1 Å². The van der Waals surface area contributed by atoms with Crippen molar-refractivity contribution in [2.45, 2.75) is 52.2 Å². The van der Waals surface area contributed by atoms with E-state index in [1.54, 1.807) is 18.2 Å². The molecule has 1 N–H and O–H groups in total. The highest BCUT2D eigenvalue weighted by Gasteiger charge is 2.33. The number of aryl methyl sites for hydroxylation is 1. The Hall–Kier alpha value is -3.17. The van der Waals surface area contributed by atoms with E-state index >= 15 is 0 Å². The third-order valence-corrected chi connectivity index (χ3v) is 8.18. The highest BCUT2D eigenvalue weighted by molar-refractivity contribution is 9.10. The third kappa shape index (κ3) is 8.93. The minimum atomic E-state index is -3.79. The molecule has 0 aromatic heterocycles. The van der Waals surface area contributed by atoms with E-state index in [0.29, 0.717) is 5.69 Å². The van der Waals surface area contributed by atoms with Crippen LogP contribution in [-0.2, 0) is 32.6 Å². The van der Waals surface area contributed by atoms with Crippen LogP contribution in [0.15, 0.2) is 83.3 Å². The molecule has 9 heteroatoms. The Labute approximate surface area is 240 Å². The number of nitrogens with zero attached hydrogens (tertiary/aromatic N) is 2. The SMILES string of the molecule is CCC(C)NC(=O)C(Cc1ccccc1)N(Cc1ccc(Br)cc1)C(=O)CN(c1cccc(C)c1)S(C)(=O)=O. The van der Waals surface area contributed by atoms with E-state index in [2.05, 4.69) is 21.2 Å². The van der Waals surface area contributed by atoms with Gasteiger partial charge < -0.3 is 10.2 Å². The lowest BCUT2D eigenvalue weighted by molar-refractivity contribution is -0.140. The lowest BCUT2D eigenvalue weighted by Crippen LogP contribution is -2.54. The van der Waals surface area contributed by atoms with Crippen LogP contribution >= 0.6 is 15.9 Å². The van der Waals surface area contributed by atoms with Gasteiger partial charge in [-0.3, -0.25) is 13.9 Å². The number of anilines is 1. The maximum atomic E-state index is 14.1. The van der Waals surface area contributed by atoms with Crippen molar-refractivity contribution in [2.75, 3.05) is 17.1 Å². The molecule has 3 aromatic rings. The molecule has 39 heavy (non-hydrogen) atoms. The van der Waals surface area contributed by atoms with Gasteiger partial charge in [-0.1, -0.05) is 77.5 Å². The number of hydrogen-bond donors (Lipinski definition) is 1. The number of sulfonamides is 1. The molecule has 0 heterocycles. The molecule has 2 amide bonds. The van der Waals surface area contributed by atoms with Crippen LogP contribution in [0.25, 0.3) is 0 Å². The Bertz CT molecular complexity index is 1360. The van der Waals surface area contributed by atoms with E-state index < -0.39 is 28.5 Å². The van der Waals surface area contributed by atoms with Crippen molar-refractivity contribution in [3.63, 3.8) is 0 Å². The normalized spacial score (nSPS) is 12.8. The van der Waals surface area contributed by atoms with E-state index in [4.69, 9.17) is 0 Å². The predicted molar refractivity (Wildman–Crippen MR) is 160 cm³/mol. The van der Waals surface area contributed by atoms with Gasteiger partial charge in [-0.2, -0.15) is 0 Å². The van der Waals surface area contributed by atoms with Crippen LogP contribution in [0.5, 0.6) is 0 Å². The maximum Gasteiger partial charge on any atom is 0.244 e. The van der Waals surface area contributed by atoms with Gasteiger partial charge in [0.1, 0.15) is 12.6 Å².